The molecule has 1 N–H and O–H groups in total. The van der Waals surface area contributed by atoms with E-state index in [4.69, 9.17) is 0 Å². The summed E-state index contributed by atoms with van der Waals surface area (Å²) in [6.45, 7) is 3.95. The predicted octanol–water partition coefficient (Wildman–Crippen LogP) is 3.10. The van der Waals surface area contributed by atoms with Gasteiger partial charge in [-0.1, -0.05) is 6.58 Å². The molecule has 3 unspecified atom stereocenters. The molecule has 0 aromatic carbocycles. The summed E-state index contributed by atoms with van der Waals surface area (Å²) in [5, 5.41) is 9.25. The molecule has 0 aromatic heterocycles. The summed E-state index contributed by atoms with van der Waals surface area (Å²) in [5.74, 6) is -12.6. The van der Waals surface area contributed by atoms with Crippen LogP contribution in [0, 0.1) is 0 Å². The van der Waals surface area contributed by atoms with Gasteiger partial charge in [0, 0.05) is 12.0 Å². The maximum absolute atomic E-state index is 14.0. The third-order valence-corrected chi connectivity index (χ3v) is 3.39. The van der Waals surface area contributed by atoms with E-state index in [1.54, 1.807) is 0 Å². The van der Waals surface area contributed by atoms with Crippen molar-refractivity contribution in [3.05, 3.63) is 12.2 Å². The van der Waals surface area contributed by atoms with Gasteiger partial charge in [0.25, 0.3) is 0 Å². The first kappa shape index (κ1) is 20.6. The van der Waals surface area contributed by atoms with Gasteiger partial charge < -0.3 is 14.6 Å². The predicted molar refractivity (Wildman–Crippen MR) is 60.8 cm³/mol. The molecule has 0 spiro atoms. The largest absolute Gasteiger partial charge is 0.452 e. The van der Waals surface area contributed by atoms with Crippen molar-refractivity contribution in [1.82, 2.24) is 0 Å². The van der Waals surface area contributed by atoms with Crippen LogP contribution in [0.1, 0.15) is 20.3 Å². The zero-order valence-corrected chi connectivity index (χ0v) is 12.2. The first-order valence-electron chi connectivity index (χ1n) is 6.19. The Labute approximate surface area is 130 Å². The van der Waals surface area contributed by atoms with E-state index in [0.717, 1.165) is 6.92 Å². The molecule has 1 rings (SSSR count). The van der Waals surface area contributed by atoms with Crippen LogP contribution in [0.2, 0.25) is 0 Å². The second kappa shape index (κ2) is 5.55. The number of esters is 1. The number of hydrogen-bond donors (Lipinski definition) is 1. The summed E-state index contributed by atoms with van der Waals surface area (Å²) in [6.07, 6.45) is -17.0. The lowest BCUT2D eigenvalue weighted by atomic mass is 9.85. The molecule has 140 valence electrons. The highest BCUT2D eigenvalue weighted by atomic mass is 19.4. The first-order chi connectivity index (χ1) is 10.4. The fourth-order valence-electron chi connectivity index (χ4n) is 1.90. The van der Waals surface area contributed by atoms with E-state index in [1.807, 2.05) is 0 Å². The summed E-state index contributed by atoms with van der Waals surface area (Å²) < 4.78 is 113. The van der Waals surface area contributed by atoms with Gasteiger partial charge >= 0.3 is 30.0 Å². The maximum Gasteiger partial charge on any atom is 0.449 e. The van der Waals surface area contributed by atoms with Crippen molar-refractivity contribution in [2.24, 2.45) is 0 Å². The molecule has 1 saturated heterocycles. The zero-order valence-electron chi connectivity index (χ0n) is 12.2. The van der Waals surface area contributed by atoms with E-state index in [1.165, 1.54) is 0 Å². The maximum atomic E-state index is 14.0. The standard InChI is InChI=1S/C12H12F8O4/c1-5(2)7(21)23-6-4-8(3,11(15,16)17)24-10(22,9(6,13)14)12(18,19)20/h6,22H,1,4H2,2-3H3. The number of hydrogen-bond acceptors (Lipinski definition) is 4. The molecule has 1 aliphatic rings. The summed E-state index contributed by atoms with van der Waals surface area (Å²) in [6, 6.07) is 0. The fourth-order valence-corrected chi connectivity index (χ4v) is 1.90. The molecule has 0 aromatic rings. The SMILES string of the molecule is C=C(C)C(=O)OC1CC(C)(C(F)(F)F)OC(O)(C(F)(F)F)C1(F)F. The molecule has 12 heteroatoms. The molecule has 0 bridgehead atoms. The van der Waals surface area contributed by atoms with Crippen molar-refractivity contribution in [3.63, 3.8) is 0 Å². The van der Waals surface area contributed by atoms with Gasteiger partial charge in [0.05, 0.1) is 0 Å². The van der Waals surface area contributed by atoms with Crippen LogP contribution in [0.5, 0.6) is 0 Å². The summed E-state index contributed by atoms with van der Waals surface area (Å²) in [5.41, 5.74) is -4.39. The number of halogens is 8. The molecule has 0 aliphatic carbocycles. The molecule has 24 heavy (non-hydrogen) atoms. The Hall–Kier alpha value is -1.43. The van der Waals surface area contributed by atoms with Crippen LogP contribution >= 0.6 is 0 Å². The highest BCUT2D eigenvalue weighted by molar-refractivity contribution is 5.87. The van der Waals surface area contributed by atoms with Crippen molar-refractivity contribution in [1.29, 1.82) is 0 Å². The molecular formula is C12H12F8O4. The van der Waals surface area contributed by atoms with Crippen LogP contribution in [0.15, 0.2) is 12.2 Å². The summed E-state index contributed by atoms with van der Waals surface area (Å²) in [4.78, 5) is 11.3. The van der Waals surface area contributed by atoms with Crippen molar-refractivity contribution < 1.29 is 54.5 Å². The summed E-state index contributed by atoms with van der Waals surface area (Å²) in [7, 11) is 0. The van der Waals surface area contributed by atoms with Crippen LogP contribution in [0.4, 0.5) is 35.1 Å². The van der Waals surface area contributed by atoms with Crippen molar-refractivity contribution in [2.45, 2.75) is 56.0 Å². The second-order valence-corrected chi connectivity index (χ2v) is 5.47. The fraction of sp³-hybridized carbons (Fsp3) is 0.750. The normalized spacial score (nSPS) is 33.9. The monoisotopic (exact) mass is 372 g/mol. The molecule has 1 heterocycles. The molecule has 0 radical (unpaired) electrons. The lowest BCUT2D eigenvalue weighted by Gasteiger charge is -2.50. The van der Waals surface area contributed by atoms with Crippen LogP contribution < -0.4 is 0 Å². The van der Waals surface area contributed by atoms with E-state index in [0.29, 0.717) is 0 Å². The van der Waals surface area contributed by atoms with Gasteiger partial charge in [0.15, 0.2) is 11.7 Å². The Morgan fingerprint density at radius 3 is 2.00 bits per heavy atom. The van der Waals surface area contributed by atoms with E-state index in [2.05, 4.69) is 16.1 Å². The van der Waals surface area contributed by atoms with E-state index in [9.17, 15) is 45.0 Å². The number of aliphatic hydroxyl groups is 1. The van der Waals surface area contributed by atoms with Crippen LogP contribution in [-0.4, -0.2) is 46.8 Å². The molecular weight excluding hydrogens is 360 g/mol. The minimum absolute atomic E-state index is 0.0283. The zero-order chi connectivity index (χ0) is 19.4. The average Bonchev–Trinajstić information content (AvgIpc) is 2.33. The van der Waals surface area contributed by atoms with Crippen LogP contribution in [-0.2, 0) is 14.3 Å². The first-order valence-corrected chi connectivity index (χ1v) is 6.19. The minimum atomic E-state index is -6.31. The third-order valence-electron chi connectivity index (χ3n) is 3.39. The van der Waals surface area contributed by atoms with Gasteiger partial charge in [-0.3, -0.25) is 0 Å². The van der Waals surface area contributed by atoms with E-state index >= 15 is 0 Å². The minimum Gasteiger partial charge on any atom is -0.452 e. The van der Waals surface area contributed by atoms with Crippen LogP contribution in [0.25, 0.3) is 0 Å². The Kier molecular flexibility index (Phi) is 4.76. The van der Waals surface area contributed by atoms with Gasteiger partial charge in [-0.25, -0.2) is 4.79 Å². The lowest BCUT2D eigenvalue weighted by Crippen LogP contribution is -2.74. The average molecular weight is 372 g/mol. The quantitative estimate of drug-likeness (QED) is 0.460. The highest BCUT2D eigenvalue weighted by Crippen LogP contribution is 2.56. The Morgan fingerprint density at radius 1 is 1.21 bits per heavy atom. The van der Waals surface area contributed by atoms with Crippen molar-refractivity contribution >= 4 is 5.97 Å². The van der Waals surface area contributed by atoms with Gasteiger partial charge in [0.2, 0.25) is 0 Å². The third kappa shape index (κ3) is 3.08. The number of carbonyl (C=O) groups is 1. The Bertz CT molecular complexity index is 540. The molecule has 1 fully saturated rings. The molecule has 0 amide bonds. The van der Waals surface area contributed by atoms with Gasteiger partial charge in [0.1, 0.15) is 0 Å². The van der Waals surface area contributed by atoms with Crippen LogP contribution in [0.3, 0.4) is 0 Å². The Balaban J connectivity index is 3.47. The van der Waals surface area contributed by atoms with Gasteiger partial charge in [-0.2, -0.15) is 35.1 Å². The number of ether oxygens (including phenoxy) is 2. The van der Waals surface area contributed by atoms with Gasteiger partial charge in [-0.15, -0.1) is 0 Å². The van der Waals surface area contributed by atoms with Crippen molar-refractivity contribution in [3.8, 4) is 0 Å². The molecule has 1 aliphatic heterocycles. The van der Waals surface area contributed by atoms with Gasteiger partial charge in [-0.05, 0) is 13.8 Å². The van der Waals surface area contributed by atoms with Crippen molar-refractivity contribution in [2.75, 3.05) is 0 Å². The Morgan fingerprint density at radius 2 is 1.67 bits per heavy atom. The van der Waals surface area contributed by atoms with E-state index < -0.39 is 53.7 Å². The number of carbonyl (C=O) groups excluding carboxylic acids is 1. The second-order valence-electron chi connectivity index (χ2n) is 5.47. The topological polar surface area (TPSA) is 55.8 Å². The molecule has 4 nitrogen and oxygen atoms in total. The number of rotatable bonds is 2. The molecule has 3 atom stereocenters. The highest BCUT2D eigenvalue weighted by Gasteiger charge is 2.81. The molecule has 0 saturated carbocycles. The lowest BCUT2D eigenvalue weighted by molar-refractivity contribution is -0.501. The number of alkyl halides is 8. The summed E-state index contributed by atoms with van der Waals surface area (Å²) >= 11 is 0. The van der Waals surface area contributed by atoms with E-state index in [-0.39, 0.29) is 6.92 Å². The smallest absolute Gasteiger partial charge is 0.449 e.